The summed E-state index contributed by atoms with van der Waals surface area (Å²) < 4.78 is 33.4. The van der Waals surface area contributed by atoms with Gasteiger partial charge in [0.15, 0.2) is 11.9 Å². The lowest BCUT2D eigenvalue weighted by Crippen LogP contribution is -2.35. The Labute approximate surface area is 174 Å². The van der Waals surface area contributed by atoms with Crippen LogP contribution in [0.4, 0.5) is 5.82 Å². The highest BCUT2D eigenvalue weighted by Crippen LogP contribution is 2.38. The number of nitrogens with two attached hydrogens (primary N) is 2. The van der Waals surface area contributed by atoms with Gasteiger partial charge in [-0.15, -0.1) is 0 Å². The minimum Gasteiger partial charge on any atom is -0.387 e. The zero-order valence-electron chi connectivity index (χ0n) is 15.1. The molecule has 4 rings (SSSR count). The van der Waals surface area contributed by atoms with Gasteiger partial charge < -0.3 is 20.7 Å². The van der Waals surface area contributed by atoms with Crippen molar-refractivity contribution in [2.24, 2.45) is 5.14 Å². The van der Waals surface area contributed by atoms with Crippen molar-refractivity contribution >= 4 is 38.9 Å². The Morgan fingerprint density at radius 3 is 2.67 bits per heavy atom. The van der Waals surface area contributed by atoms with Crippen molar-refractivity contribution in [3.63, 3.8) is 0 Å². The van der Waals surface area contributed by atoms with Crippen molar-refractivity contribution in [2.45, 2.75) is 34.5 Å². The number of nitrogens with zero attached hydrogens (tertiary/aromatic N) is 5. The van der Waals surface area contributed by atoms with Crippen LogP contribution in [0.25, 0.3) is 11.0 Å². The molecule has 3 aromatic rings. The Balaban J connectivity index is 1.69. The summed E-state index contributed by atoms with van der Waals surface area (Å²) in [6.07, 6.45) is -0.773. The quantitative estimate of drug-likeness (QED) is 0.346. The number of ether oxygens (including phenoxy) is 1. The van der Waals surface area contributed by atoms with Crippen LogP contribution in [0.15, 0.2) is 40.8 Å². The minimum absolute atomic E-state index is 0.171. The lowest BCUT2D eigenvalue weighted by molar-refractivity contribution is -0.0531. The van der Waals surface area contributed by atoms with E-state index in [9.17, 15) is 18.6 Å². The van der Waals surface area contributed by atoms with E-state index >= 15 is 0 Å². The molecular formula is C15H17N7O6S2. The molecule has 0 saturated carbocycles. The number of aromatic nitrogens is 5. The van der Waals surface area contributed by atoms with Crippen LogP contribution in [0.3, 0.4) is 0 Å². The monoisotopic (exact) mass is 455 g/mol. The molecule has 1 aliphatic heterocycles. The first-order chi connectivity index (χ1) is 14.2. The molecule has 0 amide bonds. The highest BCUT2D eigenvalue weighted by atomic mass is 32.2. The second-order valence-corrected chi connectivity index (χ2v) is 8.60. The molecule has 4 atom stereocenters. The van der Waals surface area contributed by atoms with E-state index in [1.807, 2.05) is 0 Å². The van der Waals surface area contributed by atoms with E-state index in [2.05, 4.69) is 24.2 Å². The zero-order chi connectivity index (χ0) is 21.5. The maximum Gasteiger partial charge on any atom is 0.333 e. The van der Waals surface area contributed by atoms with Gasteiger partial charge in [0.05, 0.1) is 12.0 Å². The van der Waals surface area contributed by atoms with Crippen molar-refractivity contribution in [3.05, 3.63) is 30.9 Å². The number of nitrogen functional groups attached to an aromatic ring is 1. The average Bonchev–Trinajstić information content (AvgIpc) is 3.19. The van der Waals surface area contributed by atoms with E-state index in [0.717, 1.165) is 4.90 Å². The molecule has 160 valence electrons. The Bertz CT molecular complexity index is 1160. The van der Waals surface area contributed by atoms with Crippen molar-refractivity contribution in [1.29, 1.82) is 0 Å². The third kappa shape index (κ3) is 4.08. The summed E-state index contributed by atoms with van der Waals surface area (Å²) in [5, 5.41) is 30.9. The molecule has 30 heavy (non-hydrogen) atoms. The third-order valence-electron chi connectivity index (χ3n) is 4.33. The van der Waals surface area contributed by atoms with Crippen LogP contribution >= 0.6 is 11.8 Å². The molecule has 1 saturated heterocycles. The number of aliphatic hydroxyl groups is 2. The summed E-state index contributed by atoms with van der Waals surface area (Å²) in [6.45, 7) is -0.581. The molecule has 6 N–H and O–H groups in total. The van der Waals surface area contributed by atoms with E-state index in [0.29, 0.717) is 10.4 Å². The maximum atomic E-state index is 11.0. The van der Waals surface area contributed by atoms with E-state index in [1.165, 1.54) is 22.8 Å². The van der Waals surface area contributed by atoms with Crippen LogP contribution in [-0.4, -0.2) is 68.3 Å². The predicted octanol–water partition coefficient (Wildman–Crippen LogP) is -1.21. The van der Waals surface area contributed by atoms with E-state index in [1.54, 1.807) is 24.5 Å². The molecule has 0 bridgehead atoms. The fraction of sp³-hybridized carbons (Fsp3) is 0.333. The lowest BCUT2D eigenvalue weighted by Gasteiger charge is -2.15. The van der Waals surface area contributed by atoms with Gasteiger partial charge in [-0.05, 0) is 12.1 Å². The second kappa shape index (κ2) is 8.03. The Morgan fingerprint density at radius 2 is 1.97 bits per heavy atom. The molecule has 13 nitrogen and oxygen atoms in total. The molecule has 0 unspecified atom stereocenters. The summed E-state index contributed by atoms with van der Waals surface area (Å²) in [5.74, 6) is 0.171. The van der Waals surface area contributed by atoms with Crippen LogP contribution in [0.5, 0.6) is 0 Å². The summed E-state index contributed by atoms with van der Waals surface area (Å²) in [7, 11) is -4.25. The molecule has 0 radical (unpaired) electrons. The van der Waals surface area contributed by atoms with Gasteiger partial charge in [0.25, 0.3) is 0 Å². The molecular weight excluding hydrogens is 438 g/mol. The van der Waals surface area contributed by atoms with E-state index < -0.39 is 41.5 Å². The van der Waals surface area contributed by atoms with Crippen LogP contribution in [0.2, 0.25) is 0 Å². The number of hydrogen-bond donors (Lipinski definition) is 4. The molecule has 0 spiro atoms. The Hall–Kier alpha value is -2.40. The Morgan fingerprint density at radius 1 is 1.23 bits per heavy atom. The fourth-order valence-electron chi connectivity index (χ4n) is 2.96. The first-order valence-electron chi connectivity index (χ1n) is 8.50. The fourth-order valence-corrected chi connectivity index (χ4v) is 4.19. The minimum atomic E-state index is -4.25. The van der Waals surface area contributed by atoms with E-state index in [-0.39, 0.29) is 11.5 Å². The van der Waals surface area contributed by atoms with Crippen LogP contribution in [0.1, 0.15) is 6.23 Å². The van der Waals surface area contributed by atoms with Gasteiger partial charge in [0, 0.05) is 17.3 Å². The van der Waals surface area contributed by atoms with Crippen molar-refractivity contribution in [2.75, 3.05) is 12.3 Å². The summed E-state index contributed by atoms with van der Waals surface area (Å²) in [5.41, 5.74) is 6.29. The molecule has 1 fully saturated rings. The summed E-state index contributed by atoms with van der Waals surface area (Å²) in [4.78, 5) is 13.0. The number of pyridine rings is 1. The van der Waals surface area contributed by atoms with Crippen molar-refractivity contribution in [3.8, 4) is 0 Å². The number of rotatable bonds is 6. The van der Waals surface area contributed by atoms with Gasteiger partial charge in [-0.3, -0.25) is 9.17 Å². The third-order valence-corrected chi connectivity index (χ3v) is 5.78. The van der Waals surface area contributed by atoms with Crippen LogP contribution in [-0.2, 0) is 19.2 Å². The smallest absolute Gasteiger partial charge is 0.333 e. The molecule has 3 aromatic heterocycles. The standard InChI is InChI=1S/C15H17N7O6S2/c16-12-9-13(20-6-19-12)22(21-14(9)29-7-1-3-18-4-2-7)15-11(24)10(23)8(28-15)5-27-30(17,25)26/h1-4,6,8,10-11,15,23-24H,5H2,(H2,16,19,20)(H2,17,25,26)/t8-,10-,11-,15-/m1/s1. The first kappa shape index (κ1) is 20.9. The summed E-state index contributed by atoms with van der Waals surface area (Å²) in [6, 6.07) is 3.56. The summed E-state index contributed by atoms with van der Waals surface area (Å²) >= 11 is 1.28. The van der Waals surface area contributed by atoms with Gasteiger partial charge in [-0.1, -0.05) is 11.8 Å². The largest absolute Gasteiger partial charge is 0.387 e. The highest BCUT2D eigenvalue weighted by molar-refractivity contribution is 7.99. The molecule has 1 aliphatic rings. The number of anilines is 1. The van der Waals surface area contributed by atoms with Crippen molar-refractivity contribution < 1.29 is 27.6 Å². The topological polar surface area (TPSA) is 202 Å². The van der Waals surface area contributed by atoms with E-state index in [4.69, 9.17) is 15.6 Å². The predicted molar refractivity (Wildman–Crippen MR) is 103 cm³/mol. The first-order valence-corrected chi connectivity index (χ1v) is 10.8. The van der Waals surface area contributed by atoms with Crippen molar-refractivity contribution in [1.82, 2.24) is 24.7 Å². The zero-order valence-corrected chi connectivity index (χ0v) is 16.8. The van der Waals surface area contributed by atoms with Gasteiger partial charge >= 0.3 is 10.3 Å². The molecule has 0 aromatic carbocycles. The SMILES string of the molecule is Nc1ncnc2c1c(Sc1ccncc1)nn2[C@@H]1O[C@H](COS(N)(=O)=O)[C@@H](O)[C@H]1O. The number of hydrogen-bond acceptors (Lipinski definition) is 12. The Kier molecular flexibility index (Phi) is 5.58. The number of fused-ring (bicyclic) bond motifs is 1. The van der Waals surface area contributed by atoms with Crippen LogP contribution < -0.4 is 10.9 Å². The highest BCUT2D eigenvalue weighted by Gasteiger charge is 2.45. The molecule has 15 heteroatoms. The maximum absolute atomic E-state index is 11.0. The van der Waals surface area contributed by atoms with Gasteiger partial charge in [0.2, 0.25) is 0 Å². The lowest BCUT2D eigenvalue weighted by atomic mass is 10.1. The van der Waals surface area contributed by atoms with Gasteiger partial charge in [0.1, 0.15) is 35.5 Å². The van der Waals surface area contributed by atoms with Gasteiger partial charge in [-0.2, -0.15) is 13.5 Å². The molecule has 4 heterocycles. The second-order valence-electron chi connectivity index (χ2n) is 6.32. The average molecular weight is 455 g/mol. The molecule has 0 aliphatic carbocycles. The van der Waals surface area contributed by atoms with Gasteiger partial charge in [-0.25, -0.2) is 19.8 Å². The normalized spacial score (nSPS) is 24.5. The van der Waals surface area contributed by atoms with Crippen LogP contribution in [0, 0.1) is 0 Å². The number of aliphatic hydroxyl groups excluding tert-OH is 2.